The van der Waals surface area contributed by atoms with E-state index in [4.69, 9.17) is 4.74 Å². The molecular weight excluding hydrogens is 623 g/mol. The van der Waals surface area contributed by atoms with Crippen LogP contribution in [0.2, 0.25) is 0 Å². The number of rotatable bonds is 14. The molecule has 0 radical (unpaired) electrons. The molecule has 0 aromatic heterocycles. The molecule has 4 aromatic rings. The monoisotopic (exact) mass is 667 g/mol. The van der Waals surface area contributed by atoms with Crippen LogP contribution in [0.4, 0.5) is 5.69 Å². The van der Waals surface area contributed by atoms with Crippen LogP contribution in [0.1, 0.15) is 55.7 Å². The summed E-state index contributed by atoms with van der Waals surface area (Å²) in [5.74, 6) is -0.122. The van der Waals surface area contributed by atoms with Crippen LogP contribution >= 0.6 is 0 Å². The quantitative estimate of drug-likeness (QED) is 0.162. The first kappa shape index (κ1) is 34.7. The van der Waals surface area contributed by atoms with Gasteiger partial charge in [0.1, 0.15) is 18.3 Å². The van der Waals surface area contributed by atoms with Gasteiger partial charge in [0, 0.05) is 19.0 Å². The summed E-state index contributed by atoms with van der Waals surface area (Å²) in [4.78, 5) is 30.6. The Kier molecular flexibility index (Phi) is 11.9. The Bertz CT molecular complexity index is 1740. The van der Waals surface area contributed by atoms with E-state index in [1.165, 1.54) is 12.1 Å². The number of carbonyl (C=O) groups is 2. The standard InChI is InChI=1S/C39H45N3O5S/c1-3-47-35-24-22-34(23-25-35)42(48(45,46)36-20-11-6-12-21-36)29-38(43)41(28-32-17-13-14-30(2)26-32)37(27-31-15-7-4-8-16-31)39(44)40-33-18-9-5-10-19-33/h4,6-8,11-17,20-26,33,37H,3,5,9-10,18-19,27-29H2,1-2H3,(H,40,44)/t37-/m1/s1. The normalized spacial score (nSPS) is 14.1. The maximum atomic E-state index is 14.7. The number of sulfonamides is 1. The average molecular weight is 668 g/mol. The molecule has 1 aliphatic rings. The zero-order valence-corrected chi connectivity index (χ0v) is 28.6. The second-order valence-corrected chi connectivity index (χ2v) is 14.2. The van der Waals surface area contributed by atoms with Crippen LogP contribution in [0.25, 0.3) is 0 Å². The van der Waals surface area contributed by atoms with Gasteiger partial charge < -0.3 is 15.0 Å². The number of benzene rings is 4. The zero-order chi connectivity index (χ0) is 33.9. The largest absolute Gasteiger partial charge is 0.494 e. The van der Waals surface area contributed by atoms with Crippen molar-refractivity contribution in [1.82, 2.24) is 10.2 Å². The second kappa shape index (κ2) is 16.5. The highest BCUT2D eigenvalue weighted by Crippen LogP contribution is 2.27. The van der Waals surface area contributed by atoms with Gasteiger partial charge in [-0.3, -0.25) is 13.9 Å². The molecule has 9 heteroatoms. The third-order valence-electron chi connectivity index (χ3n) is 8.70. The van der Waals surface area contributed by atoms with Gasteiger partial charge in [-0.25, -0.2) is 8.42 Å². The molecule has 48 heavy (non-hydrogen) atoms. The minimum Gasteiger partial charge on any atom is -0.494 e. The second-order valence-electron chi connectivity index (χ2n) is 12.3. The lowest BCUT2D eigenvalue weighted by atomic mass is 9.94. The number of nitrogens with zero attached hydrogens (tertiary/aromatic N) is 2. The fraction of sp³-hybridized carbons (Fsp3) is 0.333. The highest BCUT2D eigenvalue weighted by Gasteiger charge is 2.35. The van der Waals surface area contributed by atoms with Gasteiger partial charge in [0.25, 0.3) is 10.0 Å². The van der Waals surface area contributed by atoms with Crippen LogP contribution in [-0.4, -0.2) is 50.4 Å². The molecule has 0 aliphatic heterocycles. The lowest BCUT2D eigenvalue weighted by Gasteiger charge is -2.35. The lowest BCUT2D eigenvalue weighted by Crippen LogP contribution is -2.55. The third kappa shape index (κ3) is 9.04. The van der Waals surface area contributed by atoms with E-state index in [1.54, 1.807) is 47.4 Å². The van der Waals surface area contributed by atoms with Crippen LogP contribution in [0.5, 0.6) is 5.75 Å². The molecule has 252 valence electrons. The van der Waals surface area contributed by atoms with E-state index in [-0.39, 0.29) is 29.8 Å². The molecule has 4 aromatic carbocycles. The fourth-order valence-corrected chi connectivity index (χ4v) is 7.66. The smallest absolute Gasteiger partial charge is 0.264 e. The lowest BCUT2D eigenvalue weighted by molar-refractivity contribution is -0.140. The van der Waals surface area contributed by atoms with E-state index >= 15 is 0 Å². The van der Waals surface area contributed by atoms with E-state index in [2.05, 4.69) is 5.32 Å². The number of ether oxygens (including phenoxy) is 1. The van der Waals surface area contributed by atoms with Gasteiger partial charge in [0.2, 0.25) is 11.8 Å². The Labute approximate surface area is 284 Å². The van der Waals surface area contributed by atoms with Crippen molar-refractivity contribution in [3.63, 3.8) is 0 Å². The highest BCUT2D eigenvalue weighted by molar-refractivity contribution is 7.92. The van der Waals surface area contributed by atoms with Gasteiger partial charge in [-0.05, 0) is 74.2 Å². The minimum absolute atomic E-state index is 0.0410. The van der Waals surface area contributed by atoms with E-state index in [0.29, 0.717) is 18.0 Å². The number of nitrogens with one attached hydrogen (secondary N) is 1. The summed E-state index contributed by atoms with van der Waals surface area (Å²) in [5, 5.41) is 3.25. The topological polar surface area (TPSA) is 96.0 Å². The van der Waals surface area contributed by atoms with Crippen LogP contribution < -0.4 is 14.4 Å². The molecule has 0 spiro atoms. The predicted octanol–water partition coefficient (Wildman–Crippen LogP) is 6.68. The van der Waals surface area contributed by atoms with E-state index < -0.39 is 28.5 Å². The van der Waals surface area contributed by atoms with Crippen molar-refractivity contribution in [1.29, 1.82) is 0 Å². The maximum absolute atomic E-state index is 14.7. The molecule has 1 fully saturated rings. The van der Waals surface area contributed by atoms with Crippen LogP contribution in [0.15, 0.2) is 114 Å². The molecule has 0 unspecified atom stereocenters. The Morgan fingerprint density at radius 2 is 1.48 bits per heavy atom. The minimum atomic E-state index is -4.17. The first-order valence-electron chi connectivity index (χ1n) is 16.7. The molecule has 1 atom stereocenters. The van der Waals surface area contributed by atoms with Crippen LogP contribution in [-0.2, 0) is 32.6 Å². The predicted molar refractivity (Wildman–Crippen MR) is 189 cm³/mol. The van der Waals surface area contributed by atoms with Gasteiger partial charge >= 0.3 is 0 Å². The number of carbonyl (C=O) groups excluding carboxylic acids is 2. The summed E-state index contributed by atoms with van der Waals surface area (Å²) in [5.41, 5.74) is 3.10. The zero-order valence-electron chi connectivity index (χ0n) is 27.8. The Balaban J connectivity index is 1.55. The first-order chi connectivity index (χ1) is 23.2. The summed E-state index contributed by atoms with van der Waals surface area (Å²) in [6, 6.07) is 31.4. The Morgan fingerprint density at radius 3 is 2.12 bits per heavy atom. The number of hydrogen-bond donors (Lipinski definition) is 1. The molecule has 0 saturated heterocycles. The van der Waals surface area contributed by atoms with E-state index in [9.17, 15) is 18.0 Å². The third-order valence-corrected chi connectivity index (χ3v) is 10.5. The van der Waals surface area contributed by atoms with E-state index in [1.807, 2.05) is 68.4 Å². The van der Waals surface area contributed by atoms with Crippen molar-refractivity contribution in [2.75, 3.05) is 17.5 Å². The number of amides is 2. The van der Waals surface area contributed by atoms with Crippen molar-refractivity contribution in [2.45, 2.75) is 75.9 Å². The number of aryl methyl sites for hydroxylation is 1. The van der Waals surface area contributed by atoms with Crippen molar-refractivity contribution in [3.8, 4) is 5.75 Å². The molecule has 8 nitrogen and oxygen atoms in total. The highest BCUT2D eigenvalue weighted by atomic mass is 32.2. The van der Waals surface area contributed by atoms with Crippen LogP contribution in [0, 0.1) is 6.92 Å². The molecule has 1 saturated carbocycles. The van der Waals surface area contributed by atoms with Crippen LogP contribution in [0.3, 0.4) is 0 Å². The molecule has 0 heterocycles. The summed E-state index contributed by atoms with van der Waals surface area (Å²) in [7, 11) is -4.17. The van der Waals surface area contributed by atoms with E-state index in [0.717, 1.165) is 53.1 Å². The molecular formula is C39H45N3O5S. The maximum Gasteiger partial charge on any atom is 0.264 e. The molecule has 2 amide bonds. The summed E-state index contributed by atoms with van der Waals surface area (Å²) < 4.78 is 35.1. The van der Waals surface area contributed by atoms with Gasteiger partial charge in [-0.2, -0.15) is 0 Å². The SMILES string of the molecule is CCOc1ccc(N(CC(=O)N(Cc2cccc(C)c2)[C@H](Cc2ccccc2)C(=O)NC2CCCCC2)S(=O)(=O)c2ccccc2)cc1. The van der Waals surface area contributed by atoms with Gasteiger partial charge in [-0.1, -0.05) is 97.6 Å². The summed E-state index contributed by atoms with van der Waals surface area (Å²) in [6.07, 6.45) is 5.33. The Morgan fingerprint density at radius 1 is 0.833 bits per heavy atom. The van der Waals surface area contributed by atoms with Crippen molar-refractivity contribution in [2.24, 2.45) is 0 Å². The summed E-state index contributed by atoms with van der Waals surface area (Å²) >= 11 is 0. The van der Waals surface area contributed by atoms with Crippen molar-refractivity contribution >= 4 is 27.5 Å². The Hall–Kier alpha value is -4.63. The van der Waals surface area contributed by atoms with Gasteiger partial charge in [0.15, 0.2) is 0 Å². The molecule has 1 aliphatic carbocycles. The number of hydrogen-bond acceptors (Lipinski definition) is 5. The van der Waals surface area contributed by atoms with Gasteiger partial charge in [-0.15, -0.1) is 0 Å². The molecule has 0 bridgehead atoms. The van der Waals surface area contributed by atoms with Crippen molar-refractivity contribution in [3.05, 3.63) is 126 Å². The fourth-order valence-electron chi connectivity index (χ4n) is 6.23. The summed E-state index contributed by atoms with van der Waals surface area (Å²) in [6.45, 7) is 3.95. The van der Waals surface area contributed by atoms with Gasteiger partial charge in [0.05, 0.1) is 17.2 Å². The molecule has 5 rings (SSSR count). The van der Waals surface area contributed by atoms with Crippen molar-refractivity contribution < 1.29 is 22.7 Å². The molecule has 1 N–H and O–H groups in total. The average Bonchev–Trinajstić information content (AvgIpc) is 3.10. The number of anilines is 1. The first-order valence-corrected chi connectivity index (χ1v) is 18.2.